The molecule has 0 aliphatic carbocycles. The Bertz CT molecular complexity index is 945. The van der Waals surface area contributed by atoms with Crippen molar-refractivity contribution in [2.45, 2.75) is 6.54 Å². The lowest BCUT2D eigenvalue weighted by Crippen LogP contribution is -2.51. The van der Waals surface area contributed by atoms with E-state index in [0.29, 0.717) is 36.9 Å². The molecule has 0 aromatic heterocycles. The molecule has 152 valence electrons. The minimum atomic E-state index is -0.710. The third-order valence-electron chi connectivity index (χ3n) is 4.88. The Kier molecular flexibility index (Phi) is 5.80. The normalized spacial score (nSPS) is 16.0. The molecule has 0 atom stereocenters. The molecule has 2 amide bonds. The van der Waals surface area contributed by atoms with E-state index in [1.54, 1.807) is 17.0 Å². The van der Waals surface area contributed by atoms with Gasteiger partial charge in [-0.1, -0.05) is 29.3 Å². The number of benzene rings is 2. The molecule has 0 saturated carbocycles. The summed E-state index contributed by atoms with van der Waals surface area (Å²) >= 11 is 11.9. The van der Waals surface area contributed by atoms with Gasteiger partial charge in [0.25, 0.3) is 0 Å². The smallest absolute Gasteiger partial charge is 0.313 e. The van der Waals surface area contributed by atoms with E-state index < -0.39 is 11.8 Å². The van der Waals surface area contributed by atoms with Gasteiger partial charge in [0.05, 0.1) is 10.7 Å². The molecule has 29 heavy (non-hydrogen) atoms. The summed E-state index contributed by atoms with van der Waals surface area (Å²) in [6.45, 7) is 3.30. The number of nitrogens with zero attached hydrogens (tertiary/aromatic N) is 2. The van der Waals surface area contributed by atoms with Crippen LogP contribution in [0.2, 0.25) is 10.0 Å². The van der Waals surface area contributed by atoms with E-state index in [0.717, 1.165) is 23.6 Å². The van der Waals surface area contributed by atoms with Crippen LogP contribution >= 0.6 is 23.2 Å². The van der Waals surface area contributed by atoms with Gasteiger partial charge >= 0.3 is 11.8 Å². The highest BCUT2D eigenvalue weighted by atomic mass is 35.5. The first-order valence-corrected chi connectivity index (χ1v) is 9.91. The molecule has 0 unspecified atom stereocenters. The first-order chi connectivity index (χ1) is 14.0. The van der Waals surface area contributed by atoms with Gasteiger partial charge in [0.15, 0.2) is 11.5 Å². The Balaban J connectivity index is 1.29. The van der Waals surface area contributed by atoms with Crippen LogP contribution in [0.25, 0.3) is 0 Å². The van der Waals surface area contributed by atoms with Gasteiger partial charge in [-0.3, -0.25) is 14.5 Å². The molecule has 0 spiro atoms. The van der Waals surface area contributed by atoms with E-state index >= 15 is 0 Å². The summed E-state index contributed by atoms with van der Waals surface area (Å²) in [5, 5.41) is 3.29. The average Bonchev–Trinajstić information content (AvgIpc) is 3.18. The molecule has 2 aliphatic heterocycles. The van der Waals surface area contributed by atoms with Gasteiger partial charge in [-0.2, -0.15) is 0 Å². The maximum atomic E-state index is 12.5. The van der Waals surface area contributed by atoms with Crippen LogP contribution in [-0.4, -0.2) is 54.6 Å². The van der Waals surface area contributed by atoms with E-state index in [9.17, 15) is 9.59 Å². The number of amides is 2. The zero-order valence-electron chi connectivity index (χ0n) is 15.5. The predicted molar refractivity (Wildman–Crippen MR) is 110 cm³/mol. The van der Waals surface area contributed by atoms with Gasteiger partial charge in [-0.15, -0.1) is 0 Å². The number of ether oxygens (including phenoxy) is 2. The summed E-state index contributed by atoms with van der Waals surface area (Å²) in [7, 11) is 0. The highest BCUT2D eigenvalue weighted by molar-refractivity contribution is 6.42. The first kappa shape index (κ1) is 19.8. The molecule has 2 aromatic carbocycles. The quantitative estimate of drug-likeness (QED) is 0.750. The van der Waals surface area contributed by atoms with E-state index in [4.69, 9.17) is 32.7 Å². The van der Waals surface area contributed by atoms with Crippen LogP contribution in [0.5, 0.6) is 11.5 Å². The Labute approximate surface area is 178 Å². The summed E-state index contributed by atoms with van der Waals surface area (Å²) < 4.78 is 10.7. The first-order valence-electron chi connectivity index (χ1n) is 9.16. The second-order valence-electron chi connectivity index (χ2n) is 6.83. The summed E-state index contributed by atoms with van der Waals surface area (Å²) in [5.74, 6) is 0.238. The molecular formula is C20H19Cl2N3O4. The fourth-order valence-electron chi connectivity index (χ4n) is 3.32. The van der Waals surface area contributed by atoms with Crippen molar-refractivity contribution in [3.8, 4) is 11.5 Å². The molecule has 2 heterocycles. The molecule has 1 N–H and O–H groups in total. The summed E-state index contributed by atoms with van der Waals surface area (Å²) in [5.41, 5.74) is 1.47. The van der Waals surface area contributed by atoms with Crippen molar-refractivity contribution in [1.29, 1.82) is 0 Å². The van der Waals surface area contributed by atoms with Gasteiger partial charge in [0.1, 0.15) is 0 Å². The maximum absolute atomic E-state index is 12.5. The van der Waals surface area contributed by atoms with Gasteiger partial charge in [-0.05, 0) is 35.9 Å². The molecule has 0 bridgehead atoms. The zero-order valence-corrected chi connectivity index (χ0v) is 17.0. The van der Waals surface area contributed by atoms with Crippen molar-refractivity contribution in [2.75, 3.05) is 38.3 Å². The molecule has 0 radical (unpaired) electrons. The molecule has 2 aliphatic rings. The molecule has 9 heteroatoms. The Hall–Kier alpha value is -2.48. The van der Waals surface area contributed by atoms with Crippen LogP contribution in [-0.2, 0) is 16.1 Å². The van der Waals surface area contributed by atoms with Gasteiger partial charge in [-0.25, -0.2) is 0 Å². The van der Waals surface area contributed by atoms with Crippen LogP contribution in [0.3, 0.4) is 0 Å². The zero-order chi connectivity index (χ0) is 20.4. The second-order valence-corrected chi connectivity index (χ2v) is 7.68. The molecule has 7 nitrogen and oxygen atoms in total. The van der Waals surface area contributed by atoms with Gasteiger partial charge in [0.2, 0.25) is 6.79 Å². The Morgan fingerprint density at radius 1 is 0.966 bits per heavy atom. The van der Waals surface area contributed by atoms with Gasteiger partial charge < -0.3 is 19.7 Å². The van der Waals surface area contributed by atoms with E-state index in [1.807, 2.05) is 18.2 Å². The van der Waals surface area contributed by atoms with E-state index in [-0.39, 0.29) is 11.8 Å². The van der Waals surface area contributed by atoms with Crippen LogP contribution in [0.4, 0.5) is 5.69 Å². The number of nitrogens with one attached hydrogen (secondary N) is 1. The Morgan fingerprint density at radius 2 is 1.72 bits per heavy atom. The third-order valence-corrected chi connectivity index (χ3v) is 5.42. The highest BCUT2D eigenvalue weighted by Gasteiger charge is 2.26. The number of carbonyl (C=O) groups excluding carboxylic acids is 2. The molecule has 1 fully saturated rings. The molecular weight excluding hydrogens is 417 g/mol. The number of carbonyl (C=O) groups is 2. The van der Waals surface area contributed by atoms with Crippen LogP contribution in [0.15, 0.2) is 36.4 Å². The lowest BCUT2D eigenvalue weighted by molar-refractivity contribution is -0.144. The lowest BCUT2D eigenvalue weighted by Gasteiger charge is -2.34. The van der Waals surface area contributed by atoms with Crippen molar-refractivity contribution < 1.29 is 19.1 Å². The van der Waals surface area contributed by atoms with Gasteiger partial charge in [0, 0.05) is 37.7 Å². The number of rotatable bonds is 3. The molecule has 1 saturated heterocycles. The van der Waals surface area contributed by atoms with E-state index in [1.165, 1.54) is 6.07 Å². The number of halogens is 2. The topological polar surface area (TPSA) is 71.1 Å². The number of piperazine rings is 1. The van der Waals surface area contributed by atoms with E-state index in [2.05, 4.69) is 10.2 Å². The maximum Gasteiger partial charge on any atom is 0.313 e. The SMILES string of the molecule is O=C(Nc1ccc(Cl)cc1Cl)C(=O)N1CCN(Cc2ccc3c(c2)OCO3)CC1. The number of fused-ring (bicyclic) bond motifs is 1. The fourth-order valence-corrected chi connectivity index (χ4v) is 3.77. The predicted octanol–water partition coefficient (Wildman–Crippen LogP) is 3.01. The standard InChI is InChI=1S/C20H19Cl2N3O4/c21-14-2-3-16(15(22)10-14)23-19(26)20(27)25-7-5-24(6-8-25)11-13-1-4-17-18(9-13)29-12-28-17/h1-4,9-10H,5-8,11-12H2,(H,23,26). The van der Waals surface area contributed by atoms with Crippen molar-refractivity contribution in [1.82, 2.24) is 9.80 Å². The van der Waals surface area contributed by atoms with Crippen LogP contribution < -0.4 is 14.8 Å². The number of hydrogen-bond donors (Lipinski definition) is 1. The van der Waals surface area contributed by atoms with Crippen molar-refractivity contribution in [2.24, 2.45) is 0 Å². The third kappa shape index (κ3) is 4.58. The summed E-state index contributed by atoms with van der Waals surface area (Å²) in [4.78, 5) is 28.5. The fraction of sp³-hybridized carbons (Fsp3) is 0.300. The summed E-state index contributed by atoms with van der Waals surface area (Å²) in [6, 6.07) is 10.6. The number of hydrogen-bond acceptors (Lipinski definition) is 5. The molecule has 4 rings (SSSR count). The average molecular weight is 436 g/mol. The summed E-state index contributed by atoms with van der Waals surface area (Å²) in [6.07, 6.45) is 0. The van der Waals surface area contributed by atoms with Crippen molar-refractivity contribution in [3.05, 3.63) is 52.0 Å². The van der Waals surface area contributed by atoms with Crippen LogP contribution in [0.1, 0.15) is 5.56 Å². The second kappa shape index (κ2) is 8.49. The largest absolute Gasteiger partial charge is 0.454 e. The number of anilines is 1. The minimum Gasteiger partial charge on any atom is -0.454 e. The monoisotopic (exact) mass is 435 g/mol. The van der Waals surface area contributed by atoms with Crippen molar-refractivity contribution >= 4 is 40.7 Å². The minimum absolute atomic E-state index is 0.253. The van der Waals surface area contributed by atoms with Crippen LogP contribution in [0, 0.1) is 0 Å². The van der Waals surface area contributed by atoms with Crippen molar-refractivity contribution in [3.63, 3.8) is 0 Å². The molecule has 2 aromatic rings. The Morgan fingerprint density at radius 3 is 2.48 bits per heavy atom. The lowest BCUT2D eigenvalue weighted by atomic mass is 10.1. The highest BCUT2D eigenvalue weighted by Crippen LogP contribution is 2.33.